The number of methoxy groups -OCH3 is 2. The lowest BCUT2D eigenvalue weighted by atomic mass is 10.1. The highest BCUT2D eigenvalue weighted by Gasteiger charge is 2.13. The zero-order valence-corrected chi connectivity index (χ0v) is 15.8. The zero-order chi connectivity index (χ0) is 19.2. The van der Waals surface area contributed by atoms with Crippen LogP contribution in [0.4, 0.5) is 11.5 Å². The van der Waals surface area contributed by atoms with E-state index in [-0.39, 0.29) is 0 Å². The molecule has 1 heterocycles. The molecule has 140 valence electrons. The molecule has 27 heavy (non-hydrogen) atoms. The van der Waals surface area contributed by atoms with Crippen LogP contribution in [0.5, 0.6) is 11.5 Å². The maximum Gasteiger partial charge on any atom is 0.170 e. The number of nitrogens with one attached hydrogen (secondary N) is 1. The minimum Gasteiger partial charge on any atom is -0.493 e. The maximum atomic E-state index is 11.1. The van der Waals surface area contributed by atoms with E-state index in [2.05, 4.69) is 15.3 Å². The predicted octanol–water partition coefficient (Wildman–Crippen LogP) is 3.03. The van der Waals surface area contributed by atoms with Crippen LogP contribution >= 0.6 is 0 Å². The van der Waals surface area contributed by atoms with Gasteiger partial charge in [0.05, 0.1) is 36.7 Å². The number of aromatic nitrogens is 2. The van der Waals surface area contributed by atoms with Crippen LogP contribution in [0.15, 0.2) is 54.9 Å². The van der Waals surface area contributed by atoms with Crippen molar-refractivity contribution in [1.29, 1.82) is 0 Å². The molecule has 1 atom stereocenters. The summed E-state index contributed by atoms with van der Waals surface area (Å²) in [6.45, 7) is 0. The third-order valence-corrected chi connectivity index (χ3v) is 4.50. The Hall–Kier alpha value is -2.97. The third-order valence-electron chi connectivity index (χ3n) is 3.88. The number of para-hydroxylation sites is 1. The second-order valence-electron chi connectivity index (χ2n) is 5.68. The van der Waals surface area contributed by atoms with Gasteiger partial charge in [-0.15, -0.1) is 0 Å². The molecular formula is C19H20N4O3S. The Labute approximate surface area is 160 Å². The molecule has 0 saturated carbocycles. The molecule has 3 aromatic rings. The van der Waals surface area contributed by atoms with Gasteiger partial charge in [-0.05, 0) is 29.8 Å². The number of ether oxygens (including phenoxy) is 2. The second-order valence-corrected chi connectivity index (χ2v) is 6.73. The largest absolute Gasteiger partial charge is 0.493 e. The summed E-state index contributed by atoms with van der Waals surface area (Å²) >= 11 is 0. The number of nitrogens with two attached hydrogens (primary N) is 1. The number of hydrogen-bond acceptors (Lipinski definition) is 6. The minimum absolute atomic E-state index is 0.327. The first-order chi connectivity index (χ1) is 13.1. The zero-order valence-electron chi connectivity index (χ0n) is 15.0. The molecular weight excluding hydrogens is 364 g/mol. The van der Waals surface area contributed by atoms with Crippen molar-refractivity contribution in [2.75, 3.05) is 19.5 Å². The van der Waals surface area contributed by atoms with E-state index in [9.17, 15) is 4.21 Å². The minimum atomic E-state index is -1.35. The molecule has 3 rings (SSSR count). The molecule has 7 nitrogen and oxygen atoms in total. The van der Waals surface area contributed by atoms with Crippen LogP contribution in [-0.4, -0.2) is 28.4 Å². The van der Waals surface area contributed by atoms with Crippen LogP contribution in [0.1, 0.15) is 5.56 Å². The molecule has 1 aromatic heterocycles. The van der Waals surface area contributed by atoms with E-state index in [1.165, 1.54) is 6.33 Å². The lowest BCUT2D eigenvalue weighted by Crippen LogP contribution is -2.05. The number of hydrogen-bond donors (Lipinski definition) is 2. The number of rotatable bonds is 7. The van der Waals surface area contributed by atoms with Crippen molar-refractivity contribution in [3.8, 4) is 22.8 Å². The molecule has 0 aliphatic heterocycles. The fraction of sp³-hybridized carbons (Fsp3) is 0.158. The summed E-state index contributed by atoms with van der Waals surface area (Å²) in [7, 11) is 1.84. The molecule has 0 fully saturated rings. The fourth-order valence-electron chi connectivity index (χ4n) is 2.66. The van der Waals surface area contributed by atoms with Crippen molar-refractivity contribution in [2.24, 2.45) is 5.14 Å². The molecule has 0 saturated heterocycles. The molecule has 1 unspecified atom stereocenters. The van der Waals surface area contributed by atoms with Gasteiger partial charge in [0.2, 0.25) is 0 Å². The fourth-order valence-corrected chi connectivity index (χ4v) is 3.18. The Morgan fingerprint density at radius 1 is 1.07 bits per heavy atom. The van der Waals surface area contributed by atoms with E-state index in [4.69, 9.17) is 14.6 Å². The van der Waals surface area contributed by atoms with Crippen LogP contribution in [0.3, 0.4) is 0 Å². The van der Waals surface area contributed by atoms with Gasteiger partial charge in [0, 0.05) is 17.3 Å². The second kappa shape index (κ2) is 8.61. The summed E-state index contributed by atoms with van der Waals surface area (Å²) in [5, 5.41) is 8.55. The maximum absolute atomic E-state index is 11.1. The molecule has 0 radical (unpaired) electrons. The van der Waals surface area contributed by atoms with Crippen molar-refractivity contribution < 1.29 is 13.7 Å². The first-order valence-electron chi connectivity index (χ1n) is 8.13. The summed E-state index contributed by atoms with van der Waals surface area (Å²) in [5.74, 6) is 2.22. The van der Waals surface area contributed by atoms with Gasteiger partial charge in [-0.3, -0.25) is 5.14 Å². The monoisotopic (exact) mass is 384 g/mol. The van der Waals surface area contributed by atoms with Gasteiger partial charge in [0.1, 0.15) is 12.1 Å². The van der Waals surface area contributed by atoms with Crippen molar-refractivity contribution in [3.05, 3.63) is 60.4 Å². The van der Waals surface area contributed by atoms with Gasteiger partial charge in [-0.2, -0.15) is 0 Å². The Balaban J connectivity index is 1.85. The predicted molar refractivity (Wildman–Crippen MR) is 106 cm³/mol. The normalized spacial score (nSPS) is 11.7. The average Bonchev–Trinajstić information content (AvgIpc) is 2.68. The molecule has 0 amide bonds. The van der Waals surface area contributed by atoms with Gasteiger partial charge >= 0.3 is 0 Å². The van der Waals surface area contributed by atoms with E-state index in [0.717, 1.165) is 16.8 Å². The molecule has 8 heteroatoms. The summed E-state index contributed by atoms with van der Waals surface area (Å²) in [6, 6.07) is 15.0. The molecule has 0 bridgehead atoms. The SMILES string of the molecule is COc1cccc(-c2cc(Nc3ccc(CS(N)=O)cc3)ncn2)c1OC. The summed E-state index contributed by atoms with van der Waals surface area (Å²) in [4.78, 5) is 8.61. The van der Waals surface area contributed by atoms with Crippen molar-refractivity contribution in [3.63, 3.8) is 0 Å². The van der Waals surface area contributed by atoms with E-state index < -0.39 is 11.0 Å². The molecule has 0 aliphatic rings. The Kier molecular flexibility index (Phi) is 6.00. The van der Waals surface area contributed by atoms with E-state index in [1.54, 1.807) is 14.2 Å². The molecule has 0 spiro atoms. The summed E-state index contributed by atoms with van der Waals surface area (Å²) < 4.78 is 21.9. The van der Waals surface area contributed by atoms with Gasteiger partial charge < -0.3 is 14.8 Å². The highest BCUT2D eigenvalue weighted by Crippen LogP contribution is 2.37. The van der Waals surface area contributed by atoms with Crippen molar-refractivity contribution in [1.82, 2.24) is 9.97 Å². The van der Waals surface area contributed by atoms with Gasteiger partial charge in [0.25, 0.3) is 0 Å². The van der Waals surface area contributed by atoms with E-state index in [0.29, 0.717) is 28.8 Å². The average molecular weight is 384 g/mol. The van der Waals surface area contributed by atoms with Gasteiger partial charge in [-0.25, -0.2) is 14.2 Å². The standard InChI is InChI=1S/C19H20N4O3S/c1-25-17-5-3-4-15(19(17)26-2)16-10-18(22-12-21-16)23-14-8-6-13(7-9-14)11-27(20)24/h3-10,12H,11,20H2,1-2H3,(H,21,22,23). The van der Waals surface area contributed by atoms with Crippen molar-refractivity contribution in [2.45, 2.75) is 5.75 Å². The lowest BCUT2D eigenvalue weighted by Gasteiger charge is -2.13. The van der Waals surface area contributed by atoms with Crippen LogP contribution in [0, 0.1) is 0 Å². The van der Waals surface area contributed by atoms with E-state index in [1.807, 2.05) is 48.5 Å². The van der Waals surface area contributed by atoms with Crippen LogP contribution in [0.25, 0.3) is 11.3 Å². The van der Waals surface area contributed by atoms with Gasteiger partial charge in [-0.1, -0.05) is 18.2 Å². The van der Waals surface area contributed by atoms with Crippen molar-refractivity contribution >= 4 is 22.5 Å². The third kappa shape index (κ3) is 4.60. The van der Waals surface area contributed by atoms with Gasteiger partial charge in [0.15, 0.2) is 11.5 Å². The highest BCUT2D eigenvalue weighted by molar-refractivity contribution is 7.81. The highest BCUT2D eigenvalue weighted by atomic mass is 32.2. The Morgan fingerprint density at radius 3 is 2.52 bits per heavy atom. The topological polar surface area (TPSA) is 99.4 Å². The molecule has 0 aliphatic carbocycles. The van der Waals surface area contributed by atoms with Crippen LogP contribution < -0.4 is 19.9 Å². The van der Waals surface area contributed by atoms with Crippen LogP contribution in [-0.2, 0) is 16.7 Å². The number of benzene rings is 2. The van der Waals surface area contributed by atoms with Crippen LogP contribution in [0.2, 0.25) is 0 Å². The number of anilines is 2. The molecule has 3 N–H and O–H groups in total. The first kappa shape index (κ1) is 18.8. The Morgan fingerprint density at radius 2 is 1.85 bits per heavy atom. The van der Waals surface area contributed by atoms with E-state index >= 15 is 0 Å². The number of nitrogens with zero attached hydrogens (tertiary/aromatic N) is 2. The quantitative estimate of drug-likeness (QED) is 0.650. The smallest absolute Gasteiger partial charge is 0.170 e. The summed E-state index contributed by atoms with van der Waals surface area (Å²) in [6.07, 6.45) is 1.49. The summed E-state index contributed by atoms with van der Waals surface area (Å²) in [5.41, 5.74) is 3.27. The lowest BCUT2D eigenvalue weighted by molar-refractivity contribution is 0.356. The molecule has 2 aromatic carbocycles. The Bertz CT molecular complexity index is 948. The first-order valence-corrected chi connectivity index (χ1v) is 9.51.